The lowest BCUT2D eigenvalue weighted by atomic mass is 10.0. The first kappa shape index (κ1) is 25.9. The number of carbonyl (C=O) groups excluding carboxylic acids is 2. The number of hydrogen-bond acceptors (Lipinski definition) is 3. The molecule has 0 radical (unpaired) electrons. The summed E-state index contributed by atoms with van der Waals surface area (Å²) >= 11 is 0. The normalized spacial score (nSPS) is 12.5. The third-order valence-electron chi connectivity index (χ3n) is 6.05. The van der Waals surface area contributed by atoms with Crippen LogP contribution in [-0.2, 0) is 22.6 Å². The van der Waals surface area contributed by atoms with Crippen LogP contribution in [0.25, 0.3) is 0 Å². The monoisotopic (exact) mass is 476 g/mol. The van der Waals surface area contributed by atoms with Crippen molar-refractivity contribution in [2.45, 2.75) is 52.2 Å². The Kier molecular flexibility index (Phi) is 9.41. The SMILES string of the molecule is CC[C@H](C)NC(=O)[C@H](Cc1ccccc1)N(Cc1ccccc1C)C(=O)COc1ccc(F)cc1. The molecule has 6 heteroatoms. The molecule has 0 spiro atoms. The van der Waals surface area contributed by atoms with Crippen molar-refractivity contribution in [3.63, 3.8) is 0 Å². The van der Waals surface area contributed by atoms with Gasteiger partial charge in [0, 0.05) is 19.0 Å². The van der Waals surface area contributed by atoms with Crippen molar-refractivity contribution in [3.8, 4) is 5.75 Å². The summed E-state index contributed by atoms with van der Waals surface area (Å²) in [5, 5.41) is 3.05. The average Bonchev–Trinajstić information content (AvgIpc) is 2.87. The van der Waals surface area contributed by atoms with Crippen molar-refractivity contribution in [2.75, 3.05) is 6.61 Å². The summed E-state index contributed by atoms with van der Waals surface area (Å²) in [5.74, 6) is -0.515. The number of halogens is 1. The van der Waals surface area contributed by atoms with Gasteiger partial charge in [-0.25, -0.2) is 4.39 Å². The number of amides is 2. The predicted octanol–water partition coefficient (Wildman–Crippen LogP) is 5.07. The third kappa shape index (κ3) is 7.67. The van der Waals surface area contributed by atoms with Gasteiger partial charge in [-0.1, -0.05) is 61.5 Å². The van der Waals surface area contributed by atoms with Gasteiger partial charge in [-0.05, 0) is 61.2 Å². The maximum atomic E-state index is 13.5. The standard InChI is InChI=1S/C29H33FN2O3/c1-4-22(3)31-29(34)27(18-23-11-6-5-7-12-23)32(19-24-13-9-8-10-21(24)2)28(33)20-35-26-16-14-25(30)15-17-26/h5-17,22,27H,4,18-20H2,1-3H3,(H,31,34)/t22-,27-/m0/s1. The molecule has 0 aliphatic carbocycles. The van der Waals surface area contributed by atoms with Gasteiger partial charge in [-0.3, -0.25) is 9.59 Å². The largest absolute Gasteiger partial charge is 0.484 e. The lowest BCUT2D eigenvalue weighted by molar-refractivity contribution is -0.143. The molecule has 3 aromatic rings. The summed E-state index contributed by atoms with van der Waals surface area (Å²) < 4.78 is 18.9. The lowest BCUT2D eigenvalue weighted by Gasteiger charge is -2.32. The number of ether oxygens (including phenoxy) is 1. The Morgan fingerprint density at radius 1 is 0.971 bits per heavy atom. The molecule has 35 heavy (non-hydrogen) atoms. The molecule has 3 rings (SSSR count). The van der Waals surface area contributed by atoms with E-state index in [4.69, 9.17) is 4.74 Å². The van der Waals surface area contributed by atoms with Crippen LogP contribution < -0.4 is 10.1 Å². The summed E-state index contributed by atoms with van der Waals surface area (Å²) in [7, 11) is 0. The van der Waals surface area contributed by atoms with Crippen LogP contribution in [0.3, 0.4) is 0 Å². The molecule has 0 aliphatic rings. The van der Waals surface area contributed by atoms with Gasteiger partial charge in [-0.15, -0.1) is 0 Å². The van der Waals surface area contributed by atoms with E-state index in [0.29, 0.717) is 12.2 Å². The summed E-state index contributed by atoms with van der Waals surface area (Å²) in [5.41, 5.74) is 2.95. The van der Waals surface area contributed by atoms with E-state index in [0.717, 1.165) is 23.1 Å². The highest BCUT2D eigenvalue weighted by Gasteiger charge is 2.31. The Morgan fingerprint density at radius 2 is 1.63 bits per heavy atom. The zero-order chi connectivity index (χ0) is 25.2. The summed E-state index contributed by atoms with van der Waals surface area (Å²) in [6.07, 6.45) is 1.15. The molecule has 2 amide bonds. The molecule has 2 atom stereocenters. The number of benzene rings is 3. The van der Waals surface area contributed by atoms with Crippen LogP contribution >= 0.6 is 0 Å². The molecule has 184 valence electrons. The number of hydrogen-bond donors (Lipinski definition) is 1. The molecular weight excluding hydrogens is 443 g/mol. The van der Waals surface area contributed by atoms with Crippen molar-refractivity contribution in [1.82, 2.24) is 10.2 Å². The highest BCUT2D eigenvalue weighted by molar-refractivity contribution is 5.88. The van der Waals surface area contributed by atoms with Crippen LogP contribution in [0.5, 0.6) is 5.75 Å². The number of nitrogens with one attached hydrogen (secondary N) is 1. The molecule has 0 fully saturated rings. The minimum atomic E-state index is -0.727. The third-order valence-corrected chi connectivity index (χ3v) is 6.05. The summed E-state index contributed by atoms with van der Waals surface area (Å²) in [4.78, 5) is 28.6. The van der Waals surface area contributed by atoms with Crippen LogP contribution in [0, 0.1) is 12.7 Å². The second-order valence-electron chi connectivity index (χ2n) is 8.71. The average molecular weight is 477 g/mol. The van der Waals surface area contributed by atoms with Gasteiger partial charge in [0.1, 0.15) is 17.6 Å². The van der Waals surface area contributed by atoms with Crippen molar-refractivity contribution in [3.05, 3.63) is 101 Å². The van der Waals surface area contributed by atoms with Gasteiger partial charge in [-0.2, -0.15) is 0 Å². The van der Waals surface area contributed by atoms with Gasteiger partial charge in [0.15, 0.2) is 6.61 Å². The predicted molar refractivity (Wildman–Crippen MR) is 135 cm³/mol. The molecule has 0 bridgehead atoms. The molecule has 0 aliphatic heterocycles. The Labute approximate surface area is 206 Å². The minimum Gasteiger partial charge on any atom is -0.484 e. The first-order valence-electron chi connectivity index (χ1n) is 11.9. The highest BCUT2D eigenvalue weighted by Crippen LogP contribution is 2.18. The molecule has 3 aromatic carbocycles. The Bertz CT molecular complexity index is 1100. The number of nitrogens with zero attached hydrogens (tertiary/aromatic N) is 1. The second kappa shape index (κ2) is 12.7. The molecule has 0 unspecified atom stereocenters. The highest BCUT2D eigenvalue weighted by atomic mass is 19.1. The van der Waals surface area contributed by atoms with Gasteiger partial charge in [0.25, 0.3) is 5.91 Å². The Morgan fingerprint density at radius 3 is 2.29 bits per heavy atom. The van der Waals surface area contributed by atoms with E-state index in [9.17, 15) is 14.0 Å². The van der Waals surface area contributed by atoms with E-state index in [-0.39, 0.29) is 36.8 Å². The zero-order valence-corrected chi connectivity index (χ0v) is 20.5. The van der Waals surface area contributed by atoms with Crippen LogP contribution in [0.2, 0.25) is 0 Å². The van der Waals surface area contributed by atoms with Crippen LogP contribution in [0.1, 0.15) is 37.0 Å². The van der Waals surface area contributed by atoms with E-state index in [1.54, 1.807) is 4.90 Å². The molecule has 1 N–H and O–H groups in total. The fraction of sp³-hybridized carbons (Fsp3) is 0.310. The van der Waals surface area contributed by atoms with Gasteiger partial charge < -0.3 is 15.0 Å². The van der Waals surface area contributed by atoms with Crippen molar-refractivity contribution >= 4 is 11.8 Å². The van der Waals surface area contributed by atoms with Crippen LogP contribution in [0.4, 0.5) is 4.39 Å². The fourth-order valence-corrected chi connectivity index (χ4v) is 3.72. The topological polar surface area (TPSA) is 58.6 Å². The Hall–Kier alpha value is -3.67. The molecular formula is C29H33FN2O3. The smallest absolute Gasteiger partial charge is 0.261 e. The minimum absolute atomic E-state index is 0.0216. The van der Waals surface area contributed by atoms with Crippen LogP contribution in [-0.4, -0.2) is 35.4 Å². The molecule has 0 saturated heterocycles. The lowest BCUT2D eigenvalue weighted by Crippen LogP contribution is -2.53. The molecule has 5 nitrogen and oxygen atoms in total. The molecule has 0 saturated carbocycles. The van der Waals surface area contributed by atoms with Crippen LogP contribution in [0.15, 0.2) is 78.9 Å². The number of aryl methyl sites for hydroxylation is 1. The van der Waals surface area contributed by atoms with Gasteiger partial charge in [0.2, 0.25) is 5.91 Å². The van der Waals surface area contributed by atoms with E-state index < -0.39 is 6.04 Å². The van der Waals surface area contributed by atoms with E-state index in [1.807, 2.05) is 75.4 Å². The quantitative estimate of drug-likeness (QED) is 0.421. The van der Waals surface area contributed by atoms with E-state index >= 15 is 0 Å². The van der Waals surface area contributed by atoms with Crippen molar-refractivity contribution in [1.29, 1.82) is 0 Å². The maximum Gasteiger partial charge on any atom is 0.261 e. The fourth-order valence-electron chi connectivity index (χ4n) is 3.72. The number of carbonyl (C=O) groups is 2. The summed E-state index contributed by atoms with van der Waals surface area (Å²) in [6, 6.07) is 22.2. The first-order chi connectivity index (χ1) is 16.9. The van der Waals surface area contributed by atoms with Crippen molar-refractivity contribution < 1.29 is 18.7 Å². The first-order valence-corrected chi connectivity index (χ1v) is 11.9. The zero-order valence-electron chi connectivity index (χ0n) is 20.5. The number of rotatable bonds is 11. The summed E-state index contributed by atoms with van der Waals surface area (Å²) in [6.45, 7) is 5.94. The molecule has 0 aromatic heterocycles. The van der Waals surface area contributed by atoms with E-state index in [2.05, 4.69) is 5.32 Å². The maximum absolute atomic E-state index is 13.5. The second-order valence-corrected chi connectivity index (χ2v) is 8.71. The molecule has 0 heterocycles. The van der Waals surface area contributed by atoms with E-state index in [1.165, 1.54) is 24.3 Å². The van der Waals surface area contributed by atoms with Gasteiger partial charge >= 0.3 is 0 Å². The van der Waals surface area contributed by atoms with Crippen molar-refractivity contribution in [2.24, 2.45) is 0 Å². The Balaban J connectivity index is 1.91. The van der Waals surface area contributed by atoms with Gasteiger partial charge in [0.05, 0.1) is 0 Å².